The predicted molar refractivity (Wildman–Crippen MR) is 114 cm³/mol. The molecule has 1 heterocycles. The lowest BCUT2D eigenvalue weighted by molar-refractivity contribution is 0.102. The van der Waals surface area contributed by atoms with E-state index < -0.39 is 9.84 Å². The van der Waals surface area contributed by atoms with Crippen LogP contribution in [0.2, 0.25) is 0 Å². The number of nitrogens with one attached hydrogen (secondary N) is 2. The van der Waals surface area contributed by atoms with E-state index in [1.54, 1.807) is 19.1 Å². The lowest BCUT2D eigenvalue weighted by Gasteiger charge is -2.07. The van der Waals surface area contributed by atoms with Crippen molar-refractivity contribution >= 4 is 32.5 Å². The molecule has 4 rings (SSSR count). The molecule has 0 radical (unpaired) electrons. The molecule has 0 saturated heterocycles. The Morgan fingerprint density at radius 1 is 0.966 bits per heavy atom. The average Bonchev–Trinajstić information content (AvgIpc) is 3.18. The summed E-state index contributed by atoms with van der Waals surface area (Å²) < 4.78 is 23.7. The summed E-state index contributed by atoms with van der Waals surface area (Å²) in [7, 11) is -3.28. The summed E-state index contributed by atoms with van der Waals surface area (Å²) in [4.78, 5) is 20.5. The van der Waals surface area contributed by atoms with E-state index in [1.807, 2.05) is 36.4 Å². The summed E-state index contributed by atoms with van der Waals surface area (Å²) in [6.07, 6.45) is 0. The average molecular weight is 405 g/mol. The second-order valence-corrected chi connectivity index (χ2v) is 8.84. The van der Waals surface area contributed by atoms with Crippen LogP contribution in [0.4, 0.5) is 5.69 Å². The number of rotatable bonds is 5. The van der Waals surface area contributed by atoms with Gasteiger partial charge in [-0.25, -0.2) is 13.4 Å². The van der Waals surface area contributed by atoms with Crippen LogP contribution in [-0.4, -0.2) is 30.0 Å². The third-order valence-electron chi connectivity index (χ3n) is 4.66. The molecule has 6 nitrogen and oxygen atoms in total. The van der Waals surface area contributed by atoms with E-state index in [0.29, 0.717) is 11.3 Å². The maximum Gasteiger partial charge on any atom is 0.255 e. The first-order valence-corrected chi connectivity index (χ1v) is 10.8. The molecule has 0 aliphatic rings. The molecule has 1 aromatic heterocycles. The van der Waals surface area contributed by atoms with Gasteiger partial charge in [0, 0.05) is 16.8 Å². The van der Waals surface area contributed by atoms with Crippen molar-refractivity contribution in [2.45, 2.75) is 11.8 Å². The predicted octanol–water partition coefficient (Wildman–Crippen LogP) is 4.28. The van der Waals surface area contributed by atoms with E-state index in [2.05, 4.69) is 15.3 Å². The maximum atomic E-state index is 12.4. The minimum Gasteiger partial charge on any atom is -0.338 e. The van der Waals surface area contributed by atoms with E-state index >= 15 is 0 Å². The minimum atomic E-state index is -3.28. The number of anilines is 1. The Bertz CT molecular complexity index is 1240. The highest BCUT2D eigenvalue weighted by atomic mass is 32.2. The number of fused-ring (bicyclic) bond motifs is 1. The van der Waals surface area contributed by atoms with Crippen molar-refractivity contribution < 1.29 is 13.2 Å². The topological polar surface area (TPSA) is 91.9 Å². The quantitative estimate of drug-likeness (QED) is 0.518. The molecule has 0 bridgehead atoms. The molecular weight excluding hydrogens is 386 g/mol. The van der Waals surface area contributed by atoms with Crippen LogP contribution in [0.15, 0.2) is 77.7 Å². The number of H-pyrrole nitrogens is 1. The maximum absolute atomic E-state index is 12.4. The minimum absolute atomic E-state index is 0.0239. The fourth-order valence-corrected chi connectivity index (χ4v) is 3.87. The van der Waals surface area contributed by atoms with Crippen molar-refractivity contribution in [1.29, 1.82) is 0 Å². The van der Waals surface area contributed by atoms with Crippen molar-refractivity contribution in [2.75, 3.05) is 11.1 Å². The van der Waals surface area contributed by atoms with Crippen LogP contribution in [0.5, 0.6) is 0 Å². The number of aromatic amines is 1. The van der Waals surface area contributed by atoms with E-state index in [1.165, 1.54) is 24.3 Å². The van der Waals surface area contributed by atoms with Crippen LogP contribution >= 0.6 is 0 Å². The Hall–Kier alpha value is -3.45. The number of amides is 1. The van der Waals surface area contributed by atoms with Crippen molar-refractivity contribution in [3.63, 3.8) is 0 Å². The Kier molecular flexibility index (Phi) is 4.90. The van der Waals surface area contributed by atoms with Crippen molar-refractivity contribution in [1.82, 2.24) is 9.97 Å². The van der Waals surface area contributed by atoms with Gasteiger partial charge in [-0.2, -0.15) is 0 Å². The Labute approximate surface area is 168 Å². The fraction of sp³-hybridized carbons (Fsp3) is 0.0909. The van der Waals surface area contributed by atoms with Crippen LogP contribution in [0, 0.1) is 0 Å². The van der Waals surface area contributed by atoms with Gasteiger partial charge < -0.3 is 10.3 Å². The molecule has 7 heteroatoms. The molecule has 0 spiro atoms. The normalized spacial score (nSPS) is 11.5. The summed E-state index contributed by atoms with van der Waals surface area (Å²) in [5.41, 5.74) is 3.80. The van der Waals surface area contributed by atoms with Crippen molar-refractivity contribution in [2.24, 2.45) is 0 Å². The van der Waals surface area contributed by atoms with Gasteiger partial charge in [0.15, 0.2) is 9.84 Å². The number of sulfone groups is 1. The molecule has 0 atom stereocenters. The van der Waals surface area contributed by atoms with Gasteiger partial charge in [0.1, 0.15) is 5.82 Å². The Morgan fingerprint density at radius 3 is 2.31 bits per heavy atom. The van der Waals surface area contributed by atoms with Crippen LogP contribution in [0.3, 0.4) is 0 Å². The van der Waals surface area contributed by atoms with Crippen molar-refractivity contribution in [3.05, 3.63) is 78.4 Å². The zero-order valence-corrected chi connectivity index (χ0v) is 16.5. The molecular formula is C22H19N3O3S. The number of carbonyl (C=O) groups excluding carboxylic acids is 1. The summed E-state index contributed by atoms with van der Waals surface area (Å²) in [6, 6.07) is 21.1. The highest BCUT2D eigenvalue weighted by molar-refractivity contribution is 7.91. The number of hydrogen-bond donors (Lipinski definition) is 2. The highest BCUT2D eigenvalue weighted by Gasteiger charge is 2.13. The number of nitrogens with zero attached hydrogens (tertiary/aromatic N) is 1. The first kappa shape index (κ1) is 18.9. The van der Waals surface area contributed by atoms with Gasteiger partial charge in [-0.05, 0) is 60.7 Å². The second kappa shape index (κ2) is 7.52. The van der Waals surface area contributed by atoms with E-state index in [-0.39, 0.29) is 16.6 Å². The monoisotopic (exact) mass is 405 g/mol. The first-order chi connectivity index (χ1) is 14.0. The molecule has 4 aromatic rings. The van der Waals surface area contributed by atoms with Gasteiger partial charge in [0.2, 0.25) is 0 Å². The van der Waals surface area contributed by atoms with Crippen molar-refractivity contribution in [3.8, 4) is 11.4 Å². The molecule has 1 amide bonds. The zero-order chi connectivity index (χ0) is 20.4. The zero-order valence-electron chi connectivity index (χ0n) is 15.7. The number of benzene rings is 3. The van der Waals surface area contributed by atoms with Crippen LogP contribution in [0.25, 0.3) is 22.4 Å². The largest absolute Gasteiger partial charge is 0.338 e. The molecule has 0 saturated carbocycles. The molecule has 0 fully saturated rings. The van der Waals surface area contributed by atoms with E-state index in [0.717, 1.165) is 22.4 Å². The molecule has 0 aliphatic heterocycles. The van der Waals surface area contributed by atoms with Crippen LogP contribution in [0.1, 0.15) is 17.3 Å². The van der Waals surface area contributed by atoms with Gasteiger partial charge in [-0.1, -0.05) is 19.1 Å². The third kappa shape index (κ3) is 3.90. The van der Waals surface area contributed by atoms with Gasteiger partial charge in [0.05, 0.1) is 21.7 Å². The molecule has 146 valence electrons. The molecule has 0 unspecified atom stereocenters. The van der Waals surface area contributed by atoms with Crippen LogP contribution in [-0.2, 0) is 9.84 Å². The van der Waals surface area contributed by atoms with Gasteiger partial charge in [-0.15, -0.1) is 0 Å². The first-order valence-electron chi connectivity index (χ1n) is 9.15. The summed E-state index contributed by atoms with van der Waals surface area (Å²) >= 11 is 0. The third-order valence-corrected chi connectivity index (χ3v) is 6.41. The smallest absolute Gasteiger partial charge is 0.255 e. The van der Waals surface area contributed by atoms with E-state index in [9.17, 15) is 13.2 Å². The molecule has 2 N–H and O–H groups in total. The number of aromatic nitrogens is 2. The number of carbonyl (C=O) groups is 1. The van der Waals surface area contributed by atoms with Crippen LogP contribution < -0.4 is 5.32 Å². The summed E-state index contributed by atoms with van der Waals surface area (Å²) in [6.45, 7) is 1.59. The highest BCUT2D eigenvalue weighted by Crippen LogP contribution is 2.22. The lowest BCUT2D eigenvalue weighted by Crippen LogP contribution is -2.12. The molecule has 3 aromatic carbocycles. The Morgan fingerprint density at radius 2 is 1.66 bits per heavy atom. The fourth-order valence-electron chi connectivity index (χ4n) is 2.98. The SMILES string of the molecule is CCS(=O)(=O)c1ccc(C(=O)Nc2ccc(-c3nc4ccccc4[nH]3)cc2)cc1. The van der Waals surface area contributed by atoms with Gasteiger partial charge in [0.25, 0.3) is 5.91 Å². The van der Waals surface area contributed by atoms with E-state index in [4.69, 9.17) is 0 Å². The Balaban J connectivity index is 1.49. The number of para-hydroxylation sites is 2. The number of hydrogen-bond acceptors (Lipinski definition) is 4. The van der Waals surface area contributed by atoms with Gasteiger partial charge >= 0.3 is 0 Å². The summed E-state index contributed by atoms with van der Waals surface area (Å²) in [5.74, 6) is 0.481. The standard InChI is InChI=1S/C22H19N3O3S/c1-2-29(27,28)18-13-9-16(10-14-18)22(26)23-17-11-7-15(8-12-17)21-24-19-5-3-4-6-20(19)25-21/h3-14H,2H2,1H3,(H,23,26)(H,24,25). The second-order valence-electron chi connectivity index (χ2n) is 6.56. The van der Waals surface area contributed by atoms with Gasteiger partial charge in [-0.3, -0.25) is 4.79 Å². The number of imidazole rings is 1. The lowest BCUT2D eigenvalue weighted by atomic mass is 10.1. The molecule has 29 heavy (non-hydrogen) atoms. The molecule has 0 aliphatic carbocycles. The summed E-state index contributed by atoms with van der Waals surface area (Å²) in [5, 5.41) is 2.82.